The van der Waals surface area contributed by atoms with Crippen LogP contribution in [0.5, 0.6) is 0 Å². The first-order valence-corrected chi connectivity index (χ1v) is 7.17. The zero-order valence-electron chi connectivity index (χ0n) is 13.4. The number of nitrogens with one attached hydrogen (secondary N) is 1. The number of hydrogen-bond donors (Lipinski definition) is 1. The van der Waals surface area contributed by atoms with Crippen LogP contribution < -0.4 is 16.6 Å². The molecule has 23 heavy (non-hydrogen) atoms. The van der Waals surface area contributed by atoms with Gasteiger partial charge in [0.15, 0.2) is 0 Å². The van der Waals surface area contributed by atoms with Gasteiger partial charge in [-0.25, -0.2) is 4.79 Å². The van der Waals surface area contributed by atoms with E-state index >= 15 is 0 Å². The number of carbonyl (C=O) groups is 1. The molecule has 6 heteroatoms. The van der Waals surface area contributed by atoms with Crippen molar-refractivity contribution in [3.63, 3.8) is 0 Å². The van der Waals surface area contributed by atoms with Gasteiger partial charge >= 0.3 is 5.69 Å². The summed E-state index contributed by atoms with van der Waals surface area (Å²) in [7, 11) is 2.96. The predicted octanol–water partition coefficient (Wildman–Crippen LogP) is 0.722. The summed E-state index contributed by atoms with van der Waals surface area (Å²) in [6.07, 6.45) is 4.12. The highest BCUT2D eigenvalue weighted by atomic mass is 16.2. The number of carbonyl (C=O) groups excluding carboxylic acids is 1. The Hall–Kier alpha value is -2.89. The molecule has 1 aromatic heterocycles. The molecule has 0 aliphatic carbocycles. The molecule has 0 radical (unpaired) electrons. The van der Waals surface area contributed by atoms with Gasteiger partial charge in [0, 0.05) is 32.9 Å². The second kappa shape index (κ2) is 6.91. The molecule has 1 N–H and O–H groups in total. The molecule has 0 aliphatic heterocycles. The van der Waals surface area contributed by atoms with Crippen LogP contribution in [0.3, 0.4) is 0 Å². The molecule has 120 valence electrons. The van der Waals surface area contributed by atoms with E-state index in [1.165, 1.54) is 30.0 Å². The zero-order valence-corrected chi connectivity index (χ0v) is 13.4. The van der Waals surface area contributed by atoms with Crippen molar-refractivity contribution in [2.24, 2.45) is 14.1 Å². The maximum atomic E-state index is 11.9. The van der Waals surface area contributed by atoms with E-state index in [4.69, 9.17) is 0 Å². The molecule has 1 aromatic carbocycles. The SMILES string of the molecule is Cc1ccccc1CNC(=O)/C=C/c1cn(C)c(=O)n(C)c1=O. The first kappa shape index (κ1) is 16.5. The number of aryl methyl sites for hydroxylation is 2. The molecule has 1 amide bonds. The minimum Gasteiger partial charge on any atom is -0.348 e. The highest BCUT2D eigenvalue weighted by Gasteiger charge is 2.05. The van der Waals surface area contributed by atoms with Gasteiger partial charge in [-0.05, 0) is 24.1 Å². The van der Waals surface area contributed by atoms with Crippen LogP contribution in [0.2, 0.25) is 0 Å². The molecule has 0 aliphatic rings. The smallest absolute Gasteiger partial charge is 0.330 e. The maximum Gasteiger partial charge on any atom is 0.330 e. The molecular weight excluding hydrogens is 294 g/mol. The van der Waals surface area contributed by atoms with Crippen LogP contribution in [-0.4, -0.2) is 15.0 Å². The van der Waals surface area contributed by atoms with E-state index in [-0.39, 0.29) is 11.5 Å². The lowest BCUT2D eigenvalue weighted by atomic mass is 10.1. The molecule has 2 aromatic rings. The van der Waals surface area contributed by atoms with Crippen molar-refractivity contribution in [1.82, 2.24) is 14.5 Å². The molecule has 0 fully saturated rings. The first-order valence-electron chi connectivity index (χ1n) is 7.17. The van der Waals surface area contributed by atoms with Gasteiger partial charge in [-0.1, -0.05) is 24.3 Å². The summed E-state index contributed by atoms with van der Waals surface area (Å²) in [6, 6.07) is 7.78. The summed E-state index contributed by atoms with van der Waals surface area (Å²) in [5.74, 6) is -0.302. The molecule has 0 unspecified atom stereocenters. The van der Waals surface area contributed by atoms with Crippen molar-refractivity contribution in [2.75, 3.05) is 0 Å². The summed E-state index contributed by atoms with van der Waals surface area (Å²) in [5, 5.41) is 2.77. The summed E-state index contributed by atoms with van der Waals surface area (Å²) in [4.78, 5) is 35.4. The monoisotopic (exact) mass is 313 g/mol. The molecule has 0 atom stereocenters. The number of nitrogens with zero attached hydrogens (tertiary/aromatic N) is 2. The van der Waals surface area contributed by atoms with Gasteiger partial charge in [-0.3, -0.25) is 14.2 Å². The highest BCUT2D eigenvalue weighted by molar-refractivity contribution is 5.91. The van der Waals surface area contributed by atoms with E-state index in [2.05, 4.69) is 5.32 Å². The Morgan fingerprint density at radius 3 is 2.61 bits per heavy atom. The van der Waals surface area contributed by atoms with Crippen LogP contribution in [0.4, 0.5) is 0 Å². The third-order valence-corrected chi connectivity index (χ3v) is 3.60. The lowest BCUT2D eigenvalue weighted by Gasteiger charge is -2.06. The second-order valence-electron chi connectivity index (χ2n) is 5.32. The average Bonchev–Trinajstić information content (AvgIpc) is 2.54. The van der Waals surface area contributed by atoms with Gasteiger partial charge in [0.25, 0.3) is 5.56 Å². The molecule has 2 rings (SSSR count). The quantitative estimate of drug-likeness (QED) is 0.846. The molecule has 1 heterocycles. The summed E-state index contributed by atoms with van der Waals surface area (Å²) in [6.45, 7) is 2.40. The van der Waals surface area contributed by atoms with Gasteiger partial charge in [0.05, 0.1) is 5.56 Å². The minimum atomic E-state index is -0.434. The van der Waals surface area contributed by atoms with Crippen molar-refractivity contribution >= 4 is 12.0 Å². The number of rotatable bonds is 4. The average molecular weight is 313 g/mol. The maximum absolute atomic E-state index is 11.9. The van der Waals surface area contributed by atoms with Gasteiger partial charge in [-0.15, -0.1) is 0 Å². The van der Waals surface area contributed by atoms with Crippen molar-refractivity contribution in [3.05, 3.63) is 74.1 Å². The molecular formula is C17H19N3O3. The molecule has 0 saturated heterocycles. The van der Waals surface area contributed by atoms with Crippen LogP contribution in [0.15, 0.2) is 46.1 Å². The highest BCUT2D eigenvalue weighted by Crippen LogP contribution is 2.06. The number of amides is 1. The summed E-state index contributed by atoms with van der Waals surface area (Å²) < 4.78 is 2.30. The molecule has 0 spiro atoms. The molecule has 6 nitrogen and oxygen atoms in total. The van der Waals surface area contributed by atoms with E-state index in [1.807, 2.05) is 31.2 Å². The van der Waals surface area contributed by atoms with E-state index < -0.39 is 11.2 Å². The predicted molar refractivity (Wildman–Crippen MR) is 89.0 cm³/mol. The van der Waals surface area contributed by atoms with E-state index in [0.29, 0.717) is 6.54 Å². The topological polar surface area (TPSA) is 73.1 Å². The van der Waals surface area contributed by atoms with Crippen LogP contribution in [0.1, 0.15) is 16.7 Å². The standard InChI is InChI=1S/C17H19N3O3/c1-12-6-4-5-7-13(12)10-18-15(21)9-8-14-11-19(2)17(23)20(3)16(14)22/h4-9,11H,10H2,1-3H3,(H,18,21)/b9-8+. The Balaban J connectivity index is 2.09. The zero-order chi connectivity index (χ0) is 17.0. The Morgan fingerprint density at radius 2 is 1.91 bits per heavy atom. The fourth-order valence-electron chi connectivity index (χ4n) is 2.17. The first-order chi connectivity index (χ1) is 10.9. The third kappa shape index (κ3) is 3.85. The minimum absolute atomic E-state index is 0.278. The van der Waals surface area contributed by atoms with Gasteiger partial charge < -0.3 is 9.88 Å². The number of hydrogen-bond acceptors (Lipinski definition) is 3. The Kier molecular flexibility index (Phi) is 4.95. The largest absolute Gasteiger partial charge is 0.348 e. The van der Waals surface area contributed by atoms with Gasteiger partial charge in [-0.2, -0.15) is 0 Å². The van der Waals surface area contributed by atoms with Crippen molar-refractivity contribution in [2.45, 2.75) is 13.5 Å². The number of benzene rings is 1. The lowest BCUT2D eigenvalue weighted by Crippen LogP contribution is -2.37. The van der Waals surface area contributed by atoms with Crippen molar-refractivity contribution < 1.29 is 4.79 Å². The van der Waals surface area contributed by atoms with Crippen LogP contribution >= 0.6 is 0 Å². The Morgan fingerprint density at radius 1 is 1.22 bits per heavy atom. The van der Waals surface area contributed by atoms with Crippen molar-refractivity contribution in [1.29, 1.82) is 0 Å². The molecule has 0 bridgehead atoms. The van der Waals surface area contributed by atoms with Crippen LogP contribution in [0.25, 0.3) is 6.08 Å². The summed E-state index contributed by atoms with van der Waals surface area (Å²) >= 11 is 0. The van der Waals surface area contributed by atoms with Crippen LogP contribution in [0, 0.1) is 6.92 Å². The third-order valence-electron chi connectivity index (χ3n) is 3.60. The Bertz CT molecular complexity index is 875. The fourth-order valence-corrected chi connectivity index (χ4v) is 2.17. The van der Waals surface area contributed by atoms with Gasteiger partial charge in [0.2, 0.25) is 5.91 Å². The van der Waals surface area contributed by atoms with E-state index in [9.17, 15) is 14.4 Å². The second-order valence-corrected chi connectivity index (χ2v) is 5.32. The summed E-state index contributed by atoms with van der Waals surface area (Å²) in [5.41, 5.74) is 1.57. The van der Waals surface area contributed by atoms with E-state index in [0.717, 1.165) is 15.7 Å². The van der Waals surface area contributed by atoms with Crippen LogP contribution in [-0.2, 0) is 25.4 Å². The lowest BCUT2D eigenvalue weighted by molar-refractivity contribution is -0.116. The van der Waals surface area contributed by atoms with Crippen molar-refractivity contribution in [3.8, 4) is 0 Å². The fraction of sp³-hybridized carbons (Fsp3) is 0.235. The Labute approximate surface area is 133 Å². The normalized spacial score (nSPS) is 10.9. The van der Waals surface area contributed by atoms with E-state index in [1.54, 1.807) is 7.05 Å². The van der Waals surface area contributed by atoms with Gasteiger partial charge in [0.1, 0.15) is 0 Å². The number of aromatic nitrogens is 2. The molecule has 0 saturated carbocycles.